The second-order valence-corrected chi connectivity index (χ2v) is 16.3. The molecule has 2 saturated heterocycles. The fraction of sp³-hybridized carbons (Fsp3) is 0.510. The predicted octanol–water partition coefficient (Wildman–Crippen LogP) is 13.7. The van der Waals surface area contributed by atoms with Gasteiger partial charge < -0.3 is 9.80 Å². The van der Waals surface area contributed by atoms with Gasteiger partial charge in [-0.3, -0.25) is 0 Å². The first-order valence-corrected chi connectivity index (χ1v) is 21.1. The van der Waals surface area contributed by atoms with Crippen molar-refractivity contribution in [2.45, 2.75) is 123 Å². The van der Waals surface area contributed by atoms with Gasteiger partial charge in [0.15, 0.2) is 0 Å². The maximum atomic E-state index is 2.64. The van der Waals surface area contributed by atoms with Gasteiger partial charge in [-0.1, -0.05) is 128 Å². The fourth-order valence-corrected chi connectivity index (χ4v) is 9.93. The minimum Gasteiger partial charge on any atom is -0.372 e. The first-order valence-electron chi connectivity index (χ1n) is 21.1. The zero-order chi connectivity index (χ0) is 35.2. The highest BCUT2D eigenvalue weighted by molar-refractivity contribution is 5.86. The molecule has 2 unspecified atom stereocenters. The van der Waals surface area contributed by atoms with Gasteiger partial charge in [0.2, 0.25) is 0 Å². The molecule has 1 aliphatic carbocycles. The topological polar surface area (TPSA) is 6.48 Å². The maximum Gasteiger partial charge on any atom is 0.0366 e. The smallest absolute Gasteiger partial charge is 0.0366 e. The van der Waals surface area contributed by atoms with Crippen LogP contribution < -0.4 is 9.80 Å². The molecule has 4 aromatic carbocycles. The molecule has 0 aromatic heterocycles. The molecule has 2 nitrogen and oxygen atoms in total. The van der Waals surface area contributed by atoms with E-state index in [1.807, 2.05) is 0 Å². The molecule has 0 amide bonds. The van der Waals surface area contributed by atoms with Crippen LogP contribution >= 0.6 is 0 Å². The van der Waals surface area contributed by atoms with Crippen LogP contribution in [0.3, 0.4) is 0 Å². The molecule has 270 valence electrons. The summed E-state index contributed by atoms with van der Waals surface area (Å²) in [4.78, 5) is 5.10. The minimum absolute atomic E-state index is 0.0184. The summed E-state index contributed by atoms with van der Waals surface area (Å²) < 4.78 is 0. The van der Waals surface area contributed by atoms with Crippen LogP contribution in [0.4, 0.5) is 11.4 Å². The van der Waals surface area contributed by atoms with Crippen molar-refractivity contribution < 1.29 is 0 Å². The molecule has 0 N–H and O–H groups in total. The quantitative estimate of drug-likeness (QED) is 0.116. The van der Waals surface area contributed by atoms with Gasteiger partial charge in [-0.2, -0.15) is 0 Å². The van der Waals surface area contributed by atoms with Crippen molar-refractivity contribution in [3.63, 3.8) is 0 Å². The van der Waals surface area contributed by atoms with Crippen LogP contribution in [-0.4, -0.2) is 26.2 Å². The van der Waals surface area contributed by atoms with Crippen molar-refractivity contribution >= 4 is 11.4 Å². The Morgan fingerprint density at radius 1 is 0.490 bits per heavy atom. The number of hydrogen-bond acceptors (Lipinski definition) is 2. The standard InChI is InChI=1S/C49H64N2/c1-5-9-15-37(7-3)35-49(36-38(8-4)16-10-6-2)47-33-41(39-17-23-43(24-18-39)50-29-11-12-30-50)21-27-45(47)46-28-22-42(34-48(46)49)40-19-25-44(26-20-40)51-31-13-14-32-51/h17-28,33-34,37-38H,5-16,29-32,35-36H2,1-4H3. The van der Waals surface area contributed by atoms with Gasteiger partial charge in [0.05, 0.1) is 0 Å². The molecule has 2 heterocycles. The number of anilines is 2. The summed E-state index contributed by atoms with van der Waals surface area (Å²) in [6.07, 6.45) is 18.2. The van der Waals surface area contributed by atoms with E-state index in [1.54, 1.807) is 11.1 Å². The highest BCUT2D eigenvalue weighted by atomic mass is 15.1. The molecule has 4 aromatic rings. The van der Waals surface area contributed by atoms with Crippen LogP contribution in [0.25, 0.3) is 33.4 Å². The Hall–Kier alpha value is -3.52. The fourth-order valence-electron chi connectivity index (χ4n) is 9.93. The SMILES string of the molecule is CCCCC(CC)CC1(CC(CC)CCCC)c2cc(-c3ccc(N4CCCC4)cc3)ccc2-c2ccc(-c3ccc(N4CCCC4)cc3)cc21. The molecular formula is C49H64N2. The summed E-state index contributed by atoms with van der Waals surface area (Å²) in [6.45, 7) is 14.4. The van der Waals surface area contributed by atoms with Gasteiger partial charge in [0.1, 0.15) is 0 Å². The van der Waals surface area contributed by atoms with Crippen LogP contribution in [0.2, 0.25) is 0 Å². The van der Waals surface area contributed by atoms with E-state index < -0.39 is 0 Å². The van der Waals surface area contributed by atoms with Gasteiger partial charge in [-0.05, 0) is 131 Å². The number of hydrogen-bond donors (Lipinski definition) is 0. The van der Waals surface area contributed by atoms with E-state index >= 15 is 0 Å². The lowest BCUT2D eigenvalue weighted by Crippen LogP contribution is -2.31. The summed E-state index contributed by atoms with van der Waals surface area (Å²) >= 11 is 0. The maximum absolute atomic E-state index is 2.64. The molecule has 2 heteroatoms. The molecular weight excluding hydrogens is 617 g/mol. The molecule has 2 atom stereocenters. The van der Waals surface area contributed by atoms with Crippen molar-refractivity contribution in [2.75, 3.05) is 36.0 Å². The summed E-state index contributed by atoms with van der Waals surface area (Å²) in [5.74, 6) is 1.44. The van der Waals surface area contributed by atoms with Crippen LogP contribution in [0.1, 0.15) is 129 Å². The highest BCUT2D eigenvalue weighted by Crippen LogP contribution is 2.57. The largest absolute Gasteiger partial charge is 0.372 e. The van der Waals surface area contributed by atoms with Crippen molar-refractivity contribution in [2.24, 2.45) is 11.8 Å². The number of unbranched alkanes of at least 4 members (excludes halogenated alkanes) is 2. The van der Waals surface area contributed by atoms with Crippen LogP contribution in [0, 0.1) is 11.8 Å². The van der Waals surface area contributed by atoms with Gasteiger partial charge in [-0.25, -0.2) is 0 Å². The third kappa shape index (κ3) is 7.53. The second kappa shape index (κ2) is 16.4. The third-order valence-corrected chi connectivity index (χ3v) is 13.1. The van der Waals surface area contributed by atoms with E-state index in [2.05, 4.69) is 122 Å². The third-order valence-electron chi connectivity index (χ3n) is 13.1. The number of nitrogens with zero attached hydrogens (tertiary/aromatic N) is 2. The average Bonchev–Trinajstić information content (AvgIpc) is 3.97. The van der Waals surface area contributed by atoms with Crippen LogP contribution in [0.5, 0.6) is 0 Å². The van der Waals surface area contributed by atoms with Crippen LogP contribution in [0.15, 0.2) is 84.9 Å². The van der Waals surface area contributed by atoms with E-state index in [4.69, 9.17) is 0 Å². The highest BCUT2D eigenvalue weighted by Gasteiger charge is 2.45. The van der Waals surface area contributed by atoms with Crippen molar-refractivity contribution in [3.8, 4) is 33.4 Å². The van der Waals surface area contributed by atoms with E-state index in [0.717, 1.165) is 11.8 Å². The first kappa shape index (κ1) is 35.9. The second-order valence-electron chi connectivity index (χ2n) is 16.3. The molecule has 51 heavy (non-hydrogen) atoms. The van der Waals surface area contributed by atoms with E-state index in [-0.39, 0.29) is 5.41 Å². The van der Waals surface area contributed by atoms with Gasteiger partial charge >= 0.3 is 0 Å². The zero-order valence-electron chi connectivity index (χ0n) is 32.4. The van der Waals surface area contributed by atoms with Crippen molar-refractivity contribution in [1.29, 1.82) is 0 Å². The molecule has 3 aliphatic rings. The summed E-state index contributed by atoms with van der Waals surface area (Å²) in [5.41, 5.74) is 14.4. The molecule has 0 bridgehead atoms. The normalized spacial score (nSPS) is 17.5. The first-order chi connectivity index (χ1) is 25.1. The number of fused-ring (bicyclic) bond motifs is 3. The Morgan fingerprint density at radius 2 is 0.863 bits per heavy atom. The molecule has 7 rings (SSSR count). The zero-order valence-corrected chi connectivity index (χ0v) is 32.4. The van der Waals surface area contributed by atoms with Crippen LogP contribution in [-0.2, 0) is 5.41 Å². The Balaban J connectivity index is 1.34. The van der Waals surface area contributed by atoms with E-state index in [9.17, 15) is 0 Å². The number of rotatable bonds is 16. The Morgan fingerprint density at radius 3 is 1.22 bits per heavy atom. The monoisotopic (exact) mass is 681 g/mol. The van der Waals surface area contributed by atoms with Gasteiger partial charge in [-0.15, -0.1) is 0 Å². The number of benzene rings is 4. The molecule has 0 radical (unpaired) electrons. The minimum atomic E-state index is 0.0184. The van der Waals surface area contributed by atoms with Gasteiger partial charge in [0, 0.05) is 43.0 Å². The lowest BCUT2D eigenvalue weighted by molar-refractivity contribution is 0.266. The summed E-state index contributed by atoms with van der Waals surface area (Å²) in [7, 11) is 0. The summed E-state index contributed by atoms with van der Waals surface area (Å²) in [6, 6.07) is 34.1. The Kier molecular flexibility index (Phi) is 11.6. The van der Waals surface area contributed by atoms with E-state index in [0.29, 0.717) is 0 Å². The predicted molar refractivity (Wildman–Crippen MR) is 222 cm³/mol. The van der Waals surface area contributed by atoms with Crippen molar-refractivity contribution in [1.82, 2.24) is 0 Å². The molecule has 2 aliphatic heterocycles. The Bertz CT molecular complexity index is 1580. The van der Waals surface area contributed by atoms with Crippen molar-refractivity contribution in [3.05, 3.63) is 96.1 Å². The molecule has 0 saturated carbocycles. The summed E-state index contributed by atoms with van der Waals surface area (Å²) in [5, 5.41) is 0. The van der Waals surface area contributed by atoms with Gasteiger partial charge in [0.25, 0.3) is 0 Å². The lowest BCUT2D eigenvalue weighted by Gasteiger charge is -2.39. The Labute approximate surface area is 310 Å². The van der Waals surface area contributed by atoms with E-state index in [1.165, 1.54) is 161 Å². The lowest BCUT2D eigenvalue weighted by atomic mass is 9.64. The molecule has 0 spiro atoms. The average molecular weight is 681 g/mol. The molecule has 2 fully saturated rings.